The standard InChI is InChI=1S/C19H29FN4O2/c1-3-21-19(22-10-6-12-24-11-5-7-18(24)25)23-14-15-8-9-17(26-4-2)16(20)13-15/h8-9,13H,3-7,10-12,14H2,1-2H3,(H2,21,22,23). The van der Waals surface area contributed by atoms with Gasteiger partial charge in [0.05, 0.1) is 13.2 Å². The Hall–Kier alpha value is -2.31. The van der Waals surface area contributed by atoms with Crippen LogP contribution in [0.4, 0.5) is 4.39 Å². The second kappa shape index (κ2) is 10.6. The zero-order chi connectivity index (χ0) is 18.8. The first kappa shape index (κ1) is 20.0. The van der Waals surface area contributed by atoms with Gasteiger partial charge in [-0.3, -0.25) is 4.79 Å². The maximum atomic E-state index is 13.9. The van der Waals surface area contributed by atoms with E-state index in [4.69, 9.17) is 4.74 Å². The van der Waals surface area contributed by atoms with Crippen molar-refractivity contribution < 1.29 is 13.9 Å². The molecule has 0 bridgehead atoms. The lowest BCUT2D eigenvalue weighted by Crippen LogP contribution is -2.39. The molecule has 1 fully saturated rings. The normalized spacial score (nSPS) is 14.7. The van der Waals surface area contributed by atoms with Crippen LogP contribution in [0, 0.1) is 5.82 Å². The smallest absolute Gasteiger partial charge is 0.222 e. The van der Waals surface area contributed by atoms with Crippen molar-refractivity contribution in [2.45, 2.75) is 39.7 Å². The fourth-order valence-corrected chi connectivity index (χ4v) is 2.84. The SMILES string of the molecule is CCNC(=NCc1ccc(OCC)c(F)c1)NCCCN1CCCC1=O. The van der Waals surface area contributed by atoms with Crippen molar-refractivity contribution >= 4 is 11.9 Å². The number of amides is 1. The maximum absolute atomic E-state index is 13.9. The molecule has 1 amide bonds. The van der Waals surface area contributed by atoms with E-state index >= 15 is 0 Å². The molecule has 1 saturated heterocycles. The number of hydrogen-bond acceptors (Lipinski definition) is 3. The predicted octanol–water partition coefficient (Wildman–Crippen LogP) is 2.29. The molecule has 144 valence electrons. The van der Waals surface area contributed by atoms with Crippen LogP contribution >= 0.6 is 0 Å². The predicted molar refractivity (Wildman–Crippen MR) is 101 cm³/mol. The fourth-order valence-electron chi connectivity index (χ4n) is 2.84. The fraction of sp³-hybridized carbons (Fsp3) is 0.579. The van der Waals surface area contributed by atoms with Gasteiger partial charge in [0.2, 0.25) is 5.91 Å². The Morgan fingerprint density at radius 3 is 2.85 bits per heavy atom. The minimum absolute atomic E-state index is 0.253. The first-order chi connectivity index (χ1) is 12.6. The molecule has 2 N–H and O–H groups in total. The number of aliphatic imine (C=N–C) groups is 1. The third-order valence-electron chi connectivity index (χ3n) is 4.13. The topological polar surface area (TPSA) is 66.0 Å². The van der Waals surface area contributed by atoms with E-state index in [1.165, 1.54) is 6.07 Å². The maximum Gasteiger partial charge on any atom is 0.222 e. The summed E-state index contributed by atoms with van der Waals surface area (Å²) in [4.78, 5) is 18.0. The van der Waals surface area contributed by atoms with Crippen LogP contribution in [-0.4, -0.2) is 49.6 Å². The van der Waals surface area contributed by atoms with Gasteiger partial charge in [-0.2, -0.15) is 0 Å². The minimum Gasteiger partial charge on any atom is -0.491 e. The molecule has 1 aliphatic rings. The Labute approximate surface area is 154 Å². The minimum atomic E-state index is -0.368. The van der Waals surface area contributed by atoms with Gasteiger partial charge in [-0.15, -0.1) is 0 Å². The lowest BCUT2D eigenvalue weighted by Gasteiger charge is -2.16. The Kier molecular flexibility index (Phi) is 8.18. The largest absolute Gasteiger partial charge is 0.491 e. The summed E-state index contributed by atoms with van der Waals surface area (Å²) in [6.45, 7) is 7.75. The van der Waals surface area contributed by atoms with Crippen molar-refractivity contribution in [2.24, 2.45) is 4.99 Å². The molecule has 1 aromatic carbocycles. The molecular weight excluding hydrogens is 335 g/mol. The van der Waals surface area contributed by atoms with E-state index in [1.807, 2.05) is 24.8 Å². The highest BCUT2D eigenvalue weighted by Gasteiger charge is 2.18. The van der Waals surface area contributed by atoms with Crippen LogP contribution in [0.5, 0.6) is 5.75 Å². The summed E-state index contributed by atoms with van der Waals surface area (Å²) in [5.74, 6) is 0.840. The molecule has 1 aliphatic heterocycles. The molecule has 0 atom stereocenters. The molecule has 0 aromatic heterocycles. The quantitative estimate of drug-likeness (QED) is 0.401. The van der Waals surface area contributed by atoms with Crippen LogP contribution < -0.4 is 15.4 Å². The second-order valence-corrected chi connectivity index (χ2v) is 6.16. The lowest BCUT2D eigenvalue weighted by molar-refractivity contribution is -0.127. The number of benzene rings is 1. The van der Waals surface area contributed by atoms with Crippen molar-refractivity contribution in [3.8, 4) is 5.75 Å². The molecule has 6 nitrogen and oxygen atoms in total. The Morgan fingerprint density at radius 2 is 2.19 bits per heavy atom. The van der Waals surface area contributed by atoms with E-state index < -0.39 is 0 Å². The molecule has 0 aliphatic carbocycles. The monoisotopic (exact) mass is 364 g/mol. The van der Waals surface area contributed by atoms with Crippen LogP contribution in [-0.2, 0) is 11.3 Å². The van der Waals surface area contributed by atoms with E-state index in [0.717, 1.165) is 44.6 Å². The Morgan fingerprint density at radius 1 is 1.35 bits per heavy atom. The molecule has 26 heavy (non-hydrogen) atoms. The summed E-state index contributed by atoms with van der Waals surface area (Å²) in [6.07, 6.45) is 2.51. The number of carbonyl (C=O) groups is 1. The average molecular weight is 364 g/mol. The molecule has 0 radical (unpaired) electrons. The van der Waals surface area contributed by atoms with Crippen LogP contribution in [0.15, 0.2) is 23.2 Å². The summed E-state index contributed by atoms with van der Waals surface area (Å²) in [6, 6.07) is 4.91. The van der Waals surface area contributed by atoms with Gasteiger partial charge in [0.1, 0.15) is 0 Å². The van der Waals surface area contributed by atoms with Crippen molar-refractivity contribution in [1.82, 2.24) is 15.5 Å². The summed E-state index contributed by atoms with van der Waals surface area (Å²) < 4.78 is 19.1. The van der Waals surface area contributed by atoms with E-state index in [2.05, 4.69) is 15.6 Å². The number of hydrogen-bond donors (Lipinski definition) is 2. The summed E-state index contributed by atoms with van der Waals surface area (Å²) in [5.41, 5.74) is 0.783. The van der Waals surface area contributed by atoms with E-state index in [9.17, 15) is 9.18 Å². The van der Waals surface area contributed by atoms with Gasteiger partial charge >= 0.3 is 0 Å². The Balaban J connectivity index is 1.81. The van der Waals surface area contributed by atoms with Gasteiger partial charge in [0.15, 0.2) is 17.5 Å². The van der Waals surface area contributed by atoms with E-state index in [-0.39, 0.29) is 17.5 Å². The molecule has 0 unspecified atom stereocenters. The molecule has 7 heteroatoms. The number of nitrogens with one attached hydrogen (secondary N) is 2. The van der Waals surface area contributed by atoms with Crippen LogP contribution in [0.3, 0.4) is 0 Å². The van der Waals surface area contributed by atoms with E-state index in [0.29, 0.717) is 25.5 Å². The van der Waals surface area contributed by atoms with Crippen LogP contribution in [0.25, 0.3) is 0 Å². The summed E-state index contributed by atoms with van der Waals surface area (Å²) >= 11 is 0. The van der Waals surface area contributed by atoms with Gasteiger partial charge in [-0.05, 0) is 44.4 Å². The molecular formula is C19H29FN4O2. The highest BCUT2D eigenvalue weighted by Crippen LogP contribution is 2.18. The number of rotatable bonds is 9. The van der Waals surface area contributed by atoms with Gasteiger partial charge in [-0.1, -0.05) is 6.07 Å². The lowest BCUT2D eigenvalue weighted by atomic mass is 10.2. The zero-order valence-electron chi connectivity index (χ0n) is 15.7. The van der Waals surface area contributed by atoms with Crippen LogP contribution in [0.1, 0.15) is 38.7 Å². The molecule has 1 aromatic rings. The van der Waals surface area contributed by atoms with Crippen molar-refractivity contribution in [2.75, 3.05) is 32.8 Å². The molecule has 0 spiro atoms. The number of carbonyl (C=O) groups excluding carboxylic acids is 1. The average Bonchev–Trinajstić information content (AvgIpc) is 3.03. The third-order valence-corrected chi connectivity index (χ3v) is 4.13. The third kappa shape index (κ3) is 6.20. The Bertz CT molecular complexity index is 622. The van der Waals surface area contributed by atoms with Gasteiger partial charge in [0.25, 0.3) is 0 Å². The van der Waals surface area contributed by atoms with Crippen molar-refractivity contribution in [3.63, 3.8) is 0 Å². The van der Waals surface area contributed by atoms with Crippen molar-refractivity contribution in [1.29, 1.82) is 0 Å². The highest BCUT2D eigenvalue weighted by atomic mass is 19.1. The molecule has 0 saturated carbocycles. The molecule has 2 rings (SSSR count). The van der Waals surface area contributed by atoms with Gasteiger partial charge in [0, 0.05) is 32.6 Å². The summed E-state index contributed by atoms with van der Waals surface area (Å²) in [7, 11) is 0. The first-order valence-electron chi connectivity index (χ1n) is 9.35. The van der Waals surface area contributed by atoms with Crippen molar-refractivity contribution in [3.05, 3.63) is 29.6 Å². The van der Waals surface area contributed by atoms with Crippen LogP contribution in [0.2, 0.25) is 0 Å². The number of nitrogens with zero attached hydrogens (tertiary/aromatic N) is 2. The van der Waals surface area contributed by atoms with E-state index in [1.54, 1.807) is 6.07 Å². The second-order valence-electron chi connectivity index (χ2n) is 6.16. The number of guanidine groups is 1. The van der Waals surface area contributed by atoms with Gasteiger partial charge < -0.3 is 20.3 Å². The number of ether oxygens (including phenoxy) is 1. The number of halogens is 1. The van der Waals surface area contributed by atoms with Gasteiger partial charge in [-0.25, -0.2) is 9.38 Å². The summed E-state index contributed by atoms with van der Waals surface area (Å²) in [5, 5.41) is 6.43. The zero-order valence-corrected chi connectivity index (χ0v) is 15.7. The highest BCUT2D eigenvalue weighted by molar-refractivity contribution is 5.79. The molecule has 1 heterocycles. The first-order valence-corrected chi connectivity index (χ1v) is 9.35. The number of likely N-dealkylation sites (tertiary alicyclic amines) is 1.